The molecular formula is C24H30N6O3. The molecule has 1 aliphatic rings. The lowest BCUT2D eigenvalue weighted by Crippen LogP contribution is -2.50. The molecule has 1 fully saturated rings. The van der Waals surface area contributed by atoms with Gasteiger partial charge in [0.15, 0.2) is 0 Å². The molecule has 0 aliphatic carbocycles. The highest BCUT2D eigenvalue weighted by Gasteiger charge is 2.26. The predicted molar refractivity (Wildman–Crippen MR) is 126 cm³/mol. The molecule has 1 atom stereocenters. The summed E-state index contributed by atoms with van der Waals surface area (Å²) >= 11 is 0. The fourth-order valence-electron chi connectivity index (χ4n) is 3.93. The summed E-state index contributed by atoms with van der Waals surface area (Å²) in [6.07, 6.45) is 3.87. The lowest BCUT2D eigenvalue weighted by atomic mass is 10.0. The van der Waals surface area contributed by atoms with Crippen LogP contribution in [0.15, 0.2) is 36.7 Å². The number of nitrogens with two attached hydrogens (primary N) is 1. The standard InChI is InChI=1S/C24H30N6O3/c1-4-11-33-24(32)29-9-7-28(8-10-29)23(31)18-5-6-20-16(2)12-21(27-22(20)13-18)19-14-26-30(15-19)17(3)25/h5-6,12-15,17H,4,7-11,25H2,1-3H3. The first kappa shape index (κ1) is 22.7. The number of nitrogens with zero attached hydrogens (tertiary/aromatic N) is 5. The summed E-state index contributed by atoms with van der Waals surface area (Å²) in [7, 11) is 0. The van der Waals surface area contributed by atoms with E-state index in [-0.39, 0.29) is 18.2 Å². The minimum Gasteiger partial charge on any atom is -0.449 e. The van der Waals surface area contributed by atoms with E-state index in [2.05, 4.69) is 5.10 Å². The van der Waals surface area contributed by atoms with Gasteiger partial charge in [-0.25, -0.2) is 9.78 Å². The summed E-state index contributed by atoms with van der Waals surface area (Å²) < 4.78 is 6.88. The van der Waals surface area contributed by atoms with Crippen molar-refractivity contribution in [2.75, 3.05) is 32.8 Å². The predicted octanol–water partition coefficient (Wildman–Crippen LogP) is 3.19. The number of hydrogen-bond donors (Lipinski definition) is 1. The minimum atomic E-state index is -0.311. The summed E-state index contributed by atoms with van der Waals surface area (Å²) in [5, 5.41) is 5.30. The summed E-state index contributed by atoms with van der Waals surface area (Å²) in [6.45, 7) is 8.14. The molecule has 9 heteroatoms. The molecule has 3 heterocycles. The zero-order valence-corrected chi connectivity index (χ0v) is 19.3. The van der Waals surface area contributed by atoms with Crippen LogP contribution in [0.2, 0.25) is 0 Å². The Morgan fingerprint density at radius 2 is 1.88 bits per heavy atom. The zero-order valence-electron chi connectivity index (χ0n) is 19.3. The van der Waals surface area contributed by atoms with Crippen molar-refractivity contribution in [2.45, 2.75) is 33.4 Å². The molecule has 1 unspecified atom stereocenters. The topological polar surface area (TPSA) is 107 Å². The second kappa shape index (κ2) is 9.58. The van der Waals surface area contributed by atoms with Gasteiger partial charge in [0, 0.05) is 48.9 Å². The molecule has 0 bridgehead atoms. The number of ether oxygens (including phenoxy) is 1. The van der Waals surface area contributed by atoms with Crippen LogP contribution >= 0.6 is 0 Å². The number of rotatable bonds is 5. The molecule has 4 rings (SSSR count). The van der Waals surface area contributed by atoms with Gasteiger partial charge < -0.3 is 20.3 Å². The van der Waals surface area contributed by atoms with Crippen LogP contribution in [0.1, 0.15) is 42.4 Å². The molecule has 9 nitrogen and oxygen atoms in total. The Kier molecular flexibility index (Phi) is 6.60. The Balaban J connectivity index is 1.52. The maximum absolute atomic E-state index is 13.1. The molecule has 1 aromatic carbocycles. The first-order chi connectivity index (χ1) is 15.9. The van der Waals surface area contributed by atoms with Crippen molar-refractivity contribution in [2.24, 2.45) is 5.73 Å². The zero-order chi connectivity index (χ0) is 23.5. The lowest BCUT2D eigenvalue weighted by Gasteiger charge is -2.34. The second-order valence-electron chi connectivity index (χ2n) is 8.40. The van der Waals surface area contributed by atoms with Crippen molar-refractivity contribution >= 4 is 22.9 Å². The van der Waals surface area contributed by atoms with Crippen molar-refractivity contribution < 1.29 is 14.3 Å². The van der Waals surface area contributed by atoms with Gasteiger partial charge in [-0.15, -0.1) is 0 Å². The summed E-state index contributed by atoms with van der Waals surface area (Å²) in [5.74, 6) is -0.0619. The van der Waals surface area contributed by atoms with Crippen LogP contribution in [-0.4, -0.2) is 69.4 Å². The monoisotopic (exact) mass is 450 g/mol. The Morgan fingerprint density at radius 3 is 2.55 bits per heavy atom. The third-order valence-corrected chi connectivity index (χ3v) is 5.83. The maximum Gasteiger partial charge on any atom is 0.409 e. The van der Waals surface area contributed by atoms with E-state index in [1.165, 1.54) is 0 Å². The molecule has 1 saturated heterocycles. The molecule has 3 aromatic rings. The van der Waals surface area contributed by atoms with Crippen molar-refractivity contribution in [3.05, 3.63) is 47.8 Å². The minimum absolute atomic E-state index is 0.0619. The van der Waals surface area contributed by atoms with Gasteiger partial charge in [-0.3, -0.25) is 9.48 Å². The first-order valence-corrected chi connectivity index (χ1v) is 11.3. The van der Waals surface area contributed by atoms with Crippen LogP contribution in [0.3, 0.4) is 0 Å². The number of carbonyl (C=O) groups excluding carboxylic acids is 2. The summed E-state index contributed by atoms with van der Waals surface area (Å²) in [5.41, 5.74) is 9.98. The number of aryl methyl sites for hydroxylation is 1. The van der Waals surface area contributed by atoms with Crippen LogP contribution in [0, 0.1) is 6.92 Å². The van der Waals surface area contributed by atoms with E-state index in [1.54, 1.807) is 20.7 Å². The van der Waals surface area contributed by atoms with Gasteiger partial charge in [0.1, 0.15) is 0 Å². The van der Waals surface area contributed by atoms with E-state index >= 15 is 0 Å². The van der Waals surface area contributed by atoms with E-state index in [4.69, 9.17) is 15.5 Å². The number of carbonyl (C=O) groups is 2. The highest BCUT2D eigenvalue weighted by Crippen LogP contribution is 2.26. The number of fused-ring (bicyclic) bond motifs is 1. The number of pyridine rings is 1. The SMILES string of the molecule is CCCOC(=O)N1CCN(C(=O)c2ccc3c(C)cc(-c4cnn(C(C)N)c4)nc3c2)CC1. The normalized spacial score (nSPS) is 15.0. The molecule has 2 amide bonds. The molecule has 33 heavy (non-hydrogen) atoms. The van der Waals surface area contributed by atoms with Crippen molar-refractivity contribution in [3.63, 3.8) is 0 Å². The van der Waals surface area contributed by atoms with Crippen LogP contribution in [0.5, 0.6) is 0 Å². The Hall–Kier alpha value is -3.46. The van der Waals surface area contributed by atoms with Crippen LogP contribution in [0.4, 0.5) is 4.79 Å². The number of amides is 2. The molecule has 174 valence electrons. The Morgan fingerprint density at radius 1 is 1.15 bits per heavy atom. The first-order valence-electron chi connectivity index (χ1n) is 11.3. The highest BCUT2D eigenvalue weighted by atomic mass is 16.6. The van der Waals surface area contributed by atoms with Gasteiger partial charge in [-0.05, 0) is 44.0 Å². The third-order valence-electron chi connectivity index (χ3n) is 5.83. The van der Waals surface area contributed by atoms with E-state index in [0.29, 0.717) is 38.3 Å². The quantitative estimate of drug-likeness (QED) is 0.640. The number of benzene rings is 1. The fourth-order valence-corrected chi connectivity index (χ4v) is 3.93. The van der Waals surface area contributed by atoms with Crippen LogP contribution in [0.25, 0.3) is 22.2 Å². The van der Waals surface area contributed by atoms with Gasteiger partial charge in [-0.2, -0.15) is 5.10 Å². The van der Waals surface area contributed by atoms with Crippen molar-refractivity contribution in [1.82, 2.24) is 24.6 Å². The van der Waals surface area contributed by atoms with Crippen LogP contribution < -0.4 is 5.73 Å². The summed E-state index contributed by atoms with van der Waals surface area (Å²) in [4.78, 5) is 33.4. The van der Waals surface area contributed by atoms with E-state index in [0.717, 1.165) is 34.1 Å². The lowest BCUT2D eigenvalue weighted by molar-refractivity contribution is 0.0560. The van der Waals surface area contributed by atoms with Crippen LogP contribution in [-0.2, 0) is 4.74 Å². The molecule has 2 aromatic heterocycles. The third kappa shape index (κ3) is 4.83. The molecule has 0 radical (unpaired) electrons. The van der Waals surface area contributed by atoms with E-state index in [9.17, 15) is 9.59 Å². The van der Waals surface area contributed by atoms with Crippen molar-refractivity contribution in [3.8, 4) is 11.3 Å². The van der Waals surface area contributed by atoms with Gasteiger partial charge in [0.2, 0.25) is 0 Å². The maximum atomic E-state index is 13.1. The Bertz CT molecular complexity index is 1160. The fraction of sp³-hybridized carbons (Fsp3) is 0.417. The van der Waals surface area contributed by atoms with E-state index in [1.807, 2.05) is 51.2 Å². The second-order valence-corrected chi connectivity index (χ2v) is 8.40. The number of aromatic nitrogens is 3. The van der Waals surface area contributed by atoms with Gasteiger partial charge in [0.05, 0.1) is 30.2 Å². The number of hydrogen-bond acceptors (Lipinski definition) is 6. The van der Waals surface area contributed by atoms with Crippen molar-refractivity contribution in [1.29, 1.82) is 0 Å². The van der Waals surface area contributed by atoms with Gasteiger partial charge >= 0.3 is 6.09 Å². The average Bonchev–Trinajstić information content (AvgIpc) is 3.32. The molecule has 0 spiro atoms. The van der Waals surface area contributed by atoms with Gasteiger partial charge in [-0.1, -0.05) is 13.0 Å². The number of piperazine rings is 1. The average molecular weight is 451 g/mol. The molecular weight excluding hydrogens is 420 g/mol. The van der Waals surface area contributed by atoms with E-state index < -0.39 is 0 Å². The highest BCUT2D eigenvalue weighted by molar-refractivity contribution is 5.98. The largest absolute Gasteiger partial charge is 0.449 e. The molecule has 2 N–H and O–H groups in total. The molecule has 1 aliphatic heterocycles. The van der Waals surface area contributed by atoms with Gasteiger partial charge in [0.25, 0.3) is 5.91 Å². The summed E-state index contributed by atoms with van der Waals surface area (Å²) in [6, 6.07) is 7.64. The Labute approximate surface area is 193 Å². The smallest absolute Gasteiger partial charge is 0.409 e. The molecule has 0 saturated carbocycles.